The van der Waals surface area contributed by atoms with Crippen LogP contribution in [0, 0.1) is 0 Å². The second-order valence-corrected chi connectivity index (χ2v) is 4.17. The first-order chi connectivity index (χ1) is 7.75. The van der Waals surface area contributed by atoms with E-state index in [-0.39, 0.29) is 12.5 Å². The molecule has 1 fully saturated rings. The Labute approximate surface area is 99.6 Å². The highest BCUT2D eigenvalue weighted by Crippen LogP contribution is 2.10. The fraction of sp³-hybridized carbons (Fsp3) is 0.455. The van der Waals surface area contributed by atoms with Gasteiger partial charge in [0.05, 0.1) is 6.54 Å². The molecule has 16 heavy (non-hydrogen) atoms. The fourth-order valence-corrected chi connectivity index (χ4v) is 1.92. The van der Waals surface area contributed by atoms with E-state index in [0.29, 0.717) is 11.0 Å². The van der Waals surface area contributed by atoms with Crippen molar-refractivity contribution in [3.63, 3.8) is 0 Å². The first-order valence-electron chi connectivity index (χ1n) is 5.40. The summed E-state index contributed by atoms with van der Waals surface area (Å²) < 4.78 is 0. The van der Waals surface area contributed by atoms with Crippen LogP contribution in [0.5, 0.6) is 0 Å². The predicted molar refractivity (Wildman–Crippen MR) is 63.6 cm³/mol. The van der Waals surface area contributed by atoms with Gasteiger partial charge in [0.2, 0.25) is 5.91 Å². The molecular weight excluding hydrogens is 226 g/mol. The Morgan fingerprint density at radius 3 is 2.88 bits per heavy atom. The Balaban J connectivity index is 1.84. The minimum absolute atomic E-state index is 0.124. The Kier molecular flexibility index (Phi) is 3.62. The number of aromatic nitrogens is 1. The molecule has 5 heteroatoms. The molecule has 0 unspecified atom stereocenters. The number of carbonyl (C=O) groups excluding carboxylic acids is 1. The molecule has 0 aromatic carbocycles. The van der Waals surface area contributed by atoms with Crippen LogP contribution in [0.1, 0.15) is 12.8 Å². The first kappa shape index (κ1) is 11.2. The van der Waals surface area contributed by atoms with Gasteiger partial charge in [0.1, 0.15) is 11.0 Å². The van der Waals surface area contributed by atoms with Crippen molar-refractivity contribution in [2.45, 2.75) is 12.8 Å². The monoisotopic (exact) mass is 239 g/mol. The molecule has 1 aromatic heterocycles. The van der Waals surface area contributed by atoms with Crippen LogP contribution in [0.25, 0.3) is 0 Å². The van der Waals surface area contributed by atoms with E-state index in [0.717, 1.165) is 25.9 Å². The standard InChI is InChI=1S/C11H14ClN3O/c12-9-4-3-5-10(14-9)13-8-11(16)15-6-1-2-7-15/h3-5H,1-2,6-8H2,(H,13,14). The van der Waals surface area contributed by atoms with Crippen molar-refractivity contribution >= 4 is 23.3 Å². The number of carbonyl (C=O) groups is 1. The molecule has 1 aliphatic heterocycles. The van der Waals surface area contributed by atoms with Gasteiger partial charge in [-0.15, -0.1) is 0 Å². The van der Waals surface area contributed by atoms with Crippen LogP contribution in [0.4, 0.5) is 5.82 Å². The zero-order valence-corrected chi connectivity index (χ0v) is 9.70. The minimum atomic E-state index is 0.124. The molecule has 1 N–H and O–H groups in total. The van der Waals surface area contributed by atoms with Crippen LogP contribution >= 0.6 is 11.6 Å². The third-order valence-electron chi connectivity index (χ3n) is 2.59. The molecule has 1 saturated heterocycles. The van der Waals surface area contributed by atoms with Gasteiger partial charge in [-0.1, -0.05) is 17.7 Å². The lowest BCUT2D eigenvalue weighted by molar-refractivity contribution is -0.128. The van der Waals surface area contributed by atoms with E-state index in [9.17, 15) is 4.79 Å². The van der Waals surface area contributed by atoms with Crippen LogP contribution in [-0.2, 0) is 4.79 Å². The number of anilines is 1. The highest BCUT2D eigenvalue weighted by molar-refractivity contribution is 6.29. The summed E-state index contributed by atoms with van der Waals surface area (Å²) in [5.41, 5.74) is 0. The summed E-state index contributed by atoms with van der Waals surface area (Å²) in [6, 6.07) is 5.30. The summed E-state index contributed by atoms with van der Waals surface area (Å²) in [5.74, 6) is 0.763. The van der Waals surface area contributed by atoms with E-state index in [2.05, 4.69) is 10.3 Å². The van der Waals surface area contributed by atoms with Gasteiger partial charge in [-0.25, -0.2) is 4.98 Å². The van der Waals surface area contributed by atoms with Gasteiger partial charge in [0, 0.05) is 13.1 Å². The van der Waals surface area contributed by atoms with Gasteiger partial charge in [-0.05, 0) is 25.0 Å². The lowest BCUT2D eigenvalue weighted by Crippen LogP contribution is -2.33. The largest absolute Gasteiger partial charge is 0.361 e. The minimum Gasteiger partial charge on any atom is -0.361 e. The Morgan fingerprint density at radius 1 is 1.44 bits per heavy atom. The Bertz CT molecular complexity index is 377. The van der Waals surface area contributed by atoms with Gasteiger partial charge < -0.3 is 10.2 Å². The van der Waals surface area contributed by atoms with E-state index >= 15 is 0 Å². The highest BCUT2D eigenvalue weighted by Gasteiger charge is 2.17. The summed E-state index contributed by atoms with van der Waals surface area (Å²) in [7, 11) is 0. The molecular formula is C11H14ClN3O. The number of hydrogen-bond acceptors (Lipinski definition) is 3. The summed E-state index contributed by atoms with van der Waals surface area (Å²) in [6.07, 6.45) is 2.22. The number of amides is 1. The van der Waals surface area contributed by atoms with Gasteiger partial charge in [0.25, 0.3) is 0 Å². The molecule has 0 spiro atoms. The van der Waals surface area contributed by atoms with Crippen LogP contribution in [-0.4, -0.2) is 35.4 Å². The van der Waals surface area contributed by atoms with E-state index in [1.807, 2.05) is 4.90 Å². The zero-order chi connectivity index (χ0) is 11.4. The van der Waals surface area contributed by atoms with E-state index in [4.69, 9.17) is 11.6 Å². The van der Waals surface area contributed by atoms with Crippen LogP contribution in [0.2, 0.25) is 5.15 Å². The second kappa shape index (κ2) is 5.16. The van der Waals surface area contributed by atoms with E-state index in [1.54, 1.807) is 18.2 Å². The van der Waals surface area contributed by atoms with E-state index < -0.39 is 0 Å². The molecule has 0 radical (unpaired) electrons. The number of likely N-dealkylation sites (tertiary alicyclic amines) is 1. The summed E-state index contributed by atoms with van der Waals surface area (Å²) in [6.45, 7) is 2.04. The second-order valence-electron chi connectivity index (χ2n) is 3.79. The molecule has 2 rings (SSSR count). The number of hydrogen-bond donors (Lipinski definition) is 1. The normalized spacial score (nSPS) is 15.2. The molecule has 1 aromatic rings. The van der Waals surface area contributed by atoms with Gasteiger partial charge in [0.15, 0.2) is 0 Å². The molecule has 0 bridgehead atoms. The van der Waals surface area contributed by atoms with Gasteiger partial charge in [-0.2, -0.15) is 0 Å². The Hall–Kier alpha value is -1.29. The molecule has 0 atom stereocenters. The summed E-state index contributed by atoms with van der Waals surface area (Å²) in [4.78, 5) is 17.6. The average Bonchev–Trinajstić information content (AvgIpc) is 2.79. The van der Waals surface area contributed by atoms with Gasteiger partial charge in [-0.3, -0.25) is 4.79 Å². The molecule has 86 valence electrons. The van der Waals surface area contributed by atoms with Crippen LogP contribution in [0.15, 0.2) is 18.2 Å². The maximum absolute atomic E-state index is 11.7. The van der Waals surface area contributed by atoms with Crippen molar-refractivity contribution in [1.82, 2.24) is 9.88 Å². The number of rotatable bonds is 3. The SMILES string of the molecule is O=C(CNc1cccc(Cl)n1)N1CCCC1. The number of nitrogens with one attached hydrogen (secondary N) is 1. The first-order valence-corrected chi connectivity index (χ1v) is 5.78. The van der Waals surface area contributed by atoms with Crippen LogP contribution < -0.4 is 5.32 Å². The molecule has 2 heterocycles. The number of halogens is 1. The lowest BCUT2D eigenvalue weighted by atomic mass is 10.4. The highest BCUT2D eigenvalue weighted by atomic mass is 35.5. The van der Waals surface area contributed by atoms with Crippen molar-refractivity contribution in [1.29, 1.82) is 0 Å². The van der Waals surface area contributed by atoms with Crippen molar-refractivity contribution < 1.29 is 4.79 Å². The maximum atomic E-state index is 11.7. The third kappa shape index (κ3) is 2.85. The summed E-state index contributed by atoms with van der Waals surface area (Å²) >= 11 is 5.74. The average molecular weight is 240 g/mol. The predicted octanol–water partition coefficient (Wildman–Crippen LogP) is 1.77. The summed E-state index contributed by atoms with van der Waals surface area (Å²) in [5, 5.41) is 3.40. The molecule has 1 amide bonds. The van der Waals surface area contributed by atoms with E-state index in [1.165, 1.54) is 0 Å². The maximum Gasteiger partial charge on any atom is 0.241 e. The lowest BCUT2D eigenvalue weighted by Gasteiger charge is -2.15. The van der Waals surface area contributed by atoms with Crippen LogP contribution in [0.3, 0.4) is 0 Å². The molecule has 0 aliphatic carbocycles. The smallest absolute Gasteiger partial charge is 0.241 e. The fourth-order valence-electron chi connectivity index (χ4n) is 1.75. The van der Waals surface area contributed by atoms with Crippen molar-refractivity contribution in [2.75, 3.05) is 25.0 Å². The number of pyridine rings is 1. The van der Waals surface area contributed by atoms with Gasteiger partial charge >= 0.3 is 0 Å². The molecule has 0 saturated carbocycles. The quantitative estimate of drug-likeness (QED) is 0.818. The van der Waals surface area contributed by atoms with Crippen molar-refractivity contribution in [2.24, 2.45) is 0 Å². The molecule has 1 aliphatic rings. The van der Waals surface area contributed by atoms with Crippen molar-refractivity contribution in [3.8, 4) is 0 Å². The molecule has 4 nitrogen and oxygen atoms in total. The Morgan fingerprint density at radius 2 is 2.19 bits per heavy atom. The van der Waals surface area contributed by atoms with Crippen molar-refractivity contribution in [3.05, 3.63) is 23.4 Å². The topological polar surface area (TPSA) is 45.2 Å². The number of nitrogens with zero attached hydrogens (tertiary/aromatic N) is 2. The zero-order valence-electron chi connectivity index (χ0n) is 8.95. The third-order valence-corrected chi connectivity index (χ3v) is 2.81.